The SMILES string of the molecule is CCCN1C(=O)S/C(=C/c2cc(Cl)c(OCc3cccc(C)c3)c(OC)c2)C1=O. The number of hydrogen-bond donors (Lipinski definition) is 0. The van der Waals surface area contributed by atoms with Gasteiger partial charge in [0.05, 0.1) is 17.0 Å². The van der Waals surface area contributed by atoms with Crippen molar-refractivity contribution in [3.05, 3.63) is 63.0 Å². The lowest BCUT2D eigenvalue weighted by atomic mass is 10.1. The second kappa shape index (κ2) is 9.37. The number of halogens is 1. The van der Waals surface area contributed by atoms with Crippen LogP contribution in [0.3, 0.4) is 0 Å². The van der Waals surface area contributed by atoms with Crippen molar-refractivity contribution >= 4 is 40.6 Å². The maximum atomic E-state index is 12.4. The summed E-state index contributed by atoms with van der Waals surface area (Å²) in [6, 6.07) is 11.5. The third-order valence-corrected chi connectivity index (χ3v) is 5.52. The Morgan fingerprint density at radius 1 is 1.21 bits per heavy atom. The number of imide groups is 1. The minimum absolute atomic E-state index is 0.251. The number of amides is 2. The van der Waals surface area contributed by atoms with E-state index in [2.05, 4.69) is 0 Å². The van der Waals surface area contributed by atoms with Crippen LogP contribution in [0.4, 0.5) is 4.79 Å². The highest BCUT2D eigenvalue weighted by Crippen LogP contribution is 2.39. The second-order valence-electron chi connectivity index (χ2n) is 6.65. The van der Waals surface area contributed by atoms with Gasteiger partial charge in [-0.3, -0.25) is 14.5 Å². The molecule has 1 aliphatic rings. The first-order valence-corrected chi connectivity index (χ1v) is 10.4. The van der Waals surface area contributed by atoms with Gasteiger partial charge in [0.15, 0.2) is 11.5 Å². The number of carbonyl (C=O) groups is 2. The number of hydrogen-bond acceptors (Lipinski definition) is 5. The van der Waals surface area contributed by atoms with Gasteiger partial charge in [0.1, 0.15) is 6.61 Å². The van der Waals surface area contributed by atoms with Crippen molar-refractivity contribution in [1.29, 1.82) is 0 Å². The average molecular weight is 432 g/mol. The Balaban J connectivity index is 1.83. The molecule has 0 aromatic heterocycles. The molecule has 0 saturated carbocycles. The molecule has 0 unspecified atom stereocenters. The van der Waals surface area contributed by atoms with Gasteiger partial charge in [-0.15, -0.1) is 0 Å². The van der Waals surface area contributed by atoms with E-state index in [0.29, 0.717) is 40.1 Å². The number of benzene rings is 2. The Kier molecular flexibility index (Phi) is 6.87. The summed E-state index contributed by atoms with van der Waals surface area (Å²) in [4.78, 5) is 26.1. The highest BCUT2D eigenvalue weighted by molar-refractivity contribution is 8.18. The molecular formula is C22H22ClNO4S. The summed E-state index contributed by atoms with van der Waals surface area (Å²) in [5, 5.41) is 0.121. The van der Waals surface area contributed by atoms with Gasteiger partial charge >= 0.3 is 0 Å². The Morgan fingerprint density at radius 2 is 2.00 bits per heavy atom. The molecule has 5 nitrogen and oxygen atoms in total. The predicted molar refractivity (Wildman–Crippen MR) is 116 cm³/mol. The smallest absolute Gasteiger partial charge is 0.293 e. The predicted octanol–water partition coefficient (Wildman–Crippen LogP) is 5.68. The Hall–Kier alpha value is -2.44. The van der Waals surface area contributed by atoms with Crippen LogP contribution in [-0.4, -0.2) is 29.7 Å². The van der Waals surface area contributed by atoms with E-state index in [-0.39, 0.29) is 11.1 Å². The average Bonchev–Trinajstić information content (AvgIpc) is 2.94. The van der Waals surface area contributed by atoms with Crippen LogP contribution in [0.2, 0.25) is 5.02 Å². The topological polar surface area (TPSA) is 55.8 Å². The highest BCUT2D eigenvalue weighted by atomic mass is 35.5. The minimum Gasteiger partial charge on any atom is -0.493 e. The molecule has 7 heteroatoms. The monoisotopic (exact) mass is 431 g/mol. The molecule has 0 spiro atoms. The first-order valence-electron chi connectivity index (χ1n) is 9.24. The lowest BCUT2D eigenvalue weighted by Crippen LogP contribution is -2.28. The fourth-order valence-corrected chi connectivity index (χ4v) is 4.13. The van der Waals surface area contributed by atoms with Crippen molar-refractivity contribution in [1.82, 2.24) is 4.90 Å². The lowest BCUT2D eigenvalue weighted by Gasteiger charge is -2.14. The number of thioether (sulfide) groups is 1. The summed E-state index contributed by atoms with van der Waals surface area (Å²) < 4.78 is 11.3. The van der Waals surface area contributed by atoms with Crippen LogP contribution in [0.25, 0.3) is 6.08 Å². The quantitative estimate of drug-likeness (QED) is 0.527. The number of nitrogens with zero attached hydrogens (tertiary/aromatic N) is 1. The zero-order valence-corrected chi connectivity index (χ0v) is 18.1. The second-order valence-corrected chi connectivity index (χ2v) is 8.05. The van der Waals surface area contributed by atoms with Crippen molar-refractivity contribution in [2.75, 3.05) is 13.7 Å². The molecule has 2 aromatic carbocycles. The molecule has 1 aliphatic heterocycles. The number of aryl methyl sites for hydroxylation is 1. The van der Waals surface area contributed by atoms with Gasteiger partial charge < -0.3 is 9.47 Å². The molecule has 3 rings (SSSR count). The minimum atomic E-state index is -0.281. The Morgan fingerprint density at radius 3 is 2.69 bits per heavy atom. The summed E-state index contributed by atoms with van der Waals surface area (Å²) in [5.74, 6) is 0.618. The van der Waals surface area contributed by atoms with Gasteiger partial charge in [0.25, 0.3) is 11.1 Å². The van der Waals surface area contributed by atoms with Crippen LogP contribution in [0.5, 0.6) is 11.5 Å². The maximum Gasteiger partial charge on any atom is 0.293 e. The van der Waals surface area contributed by atoms with Crippen LogP contribution in [0.15, 0.2) is 41.3 Å². The molecular weight excluding hydrogens is 410 g/mol. The van der Waals surface area contributed by atoms with Crippen LogP contribution < -0.4 is 9.47 Å². The normalized spacial score (nSPS) is 15.3. The number of methoxy groups -OCH3 is 1. The lowest BCUT2D eigenvalue weighted by molar-refractivity contribution is -0.122. The van der Waals surface area contributed by atoms with Gasteiger partial charge in [0, 0.05) is 6.54 Å². The molecule has 29 heavy (non-hydrogen) atoms. The van der Waals surface area contributed by atoms with Gasteiger partial charge in [-0.25, -0.2) is 0 Å². The third kappa shape index (κ3) is 4.95. The number of ether oxygens (including phenoxy) is 2. The van der Waals surface area contributed by atoms with E-state index >= 15 is 0 Å². The zero-order chi connectivity index (χ0) is 21.0. The van der Waals surface area contributed by atoms with E-state index in [9.17, 15) is 9.59 Å². The van der Waals surface area contributed by atoms with E-state index in [4.69, 9.17) is 21.1 Å². The number of carbonyl (C=O) groups excluding carboxylic acids is 2. The summed E-state index contributed by atoms with van der Waals surface area (Å²) in [6.45, 7) is 4.71. The van der Waals surface area contributed by atoms with Gasteiger partial charge in [0.2, 0.25) is 0 Å². The van der Waals surface area contributed by atoms with E-state index in [1.54, 1.807) is 18.2 Å². The van der Waals surface area contributed by atoms with Crippen LogP contribution in [-0.2, 0) is 11.4 Å². The van der Waals surface area contributed by atoms with Crippen LogP contribution in [0.1, 0.15) is 30.0 Å². The summed E-state index contributed by atoms with van der Waals surface area (Å²) >= 11 is 7.37. The fourth-order valence-electron chi connectivity index (χ4n) is 2.99. The number of rotatable bonds is 7. The Bertz CT molecular complexity index is 973. The molecule has 0 aliphatic carbocycles. The van der Waals surface area contributed by atoms with Crippen molar-refractivity contribution in [2.24, 2.45) is 0 Å². The fraction of sp³-hybridized carbons (Fsp3) is 0.273. The first kappa shape index (κ1) is 21.3. The van der Waals surface area contributed by atoms with Crippen molar-refractivity contribution < 1.29 is 19.1 Å². The van der Waals surface area contributed by atoms with Gasteiger partial charge in [-0.2, -0.15) is 0 Å². The van der Waals surface area contributed by atoms with Crippen molar-refractivity contribution in [3.63, 3.8) is 0 Å². The summed E-state index contributed by atoms with van der Waals surface area (Å²) in [7, 11) is 1.53. The van der Waals surface area contributed by atoms with E-state index < -0.39 is 0 Å². The van der Waals surface area contributed by atoms with E-state index in [1.165, 1.54) is 12.0 Å². The molecule has 2 amide bonds. The van der Waals surface area contributed by atoms with Crippen molar-refractivity contribution in [2.45, 2.75) is 26.9 Å². The van der Waals surface area contributed by atoms with Gasteiger partial charge in [-0.05, 0) is 54.4 Å². The Labute approximate surface area is 179 Å². The van der Waals surface area contributed by atoms with E-state index in [1.807, 2.05) is 38.1 Å². The van der Waals surface area contributed by atoms with Gasteiger partial charge in [-0.1, -0.05) is 48.4 Å². The van der Waals surface area contributed by atoms with E-state index in [0.717, 1.165) is 29.3 Å². The van der Waals surface area contributed by atoms with Crippen LogP contribution >= 0.6 is 23.4 Å². The third-order valence-electron chi connectivity index (χ3n) is 4.34. The molecule has 1 fully saturated rings. The maximum absolute atomic E-state index is 12.4. The molecule has 1 saturated heterocycles. The molecule has 2 aromatic rings. The molecule has 0 radical (unpaired) electrons. The molecule has 152 valence electrons. The van der Waals surface area contributed by atoms with Crippen molar-refractivity contribution in [3.8, 4) is 11.5 Å². The first-order chi connectivity index (χ1) is 13.9. The van der Waals surface area contributed by atoms with Crippen LogP contribution in [0, 0.1) is 6.92 Å². The molecule has 0 atom stereocenters. The summed E-state index contributed by atoms with van der Waals surface area (Å²) in [5.41, 5.74) is 2.84. The standard InChI is InChI=1S/C22H22ClNO4S/c1-4-8-24-21(25)19(29-22(24)26)12-16-10-17(23)20(18(11-16)27-3)28-13-15-7-5-6-14(2)9-15/h5-7,9-12H,4,8,13H2,1-3H3/b19-12+. The molecule has 0 N–H and O–H groups in total. The molecule has 0 bridgehead atoms. The largest absolute Gasteiger partial charge is 0.493 e. The summed E-state index contributed by atoms with van der Waals surface area (Å²) in [6.07, 6.45) is 2.37. The molecule has 1 heterocycles. The zero-order valence-electron chi connectivity index (χ0n) is 16.5. The highest BCUT2D eigenvalue weighted by Gasteiger charge is 2.34.